The fraction of sp³-hybridized carbons (Fsp3) is 0.385. The first kappa shape index (κ1) is 16.1. The summed E-state index contributed by atoms with van der Waals surface area (Å²) in [6.07, 6.45) is -6.40. The Morgan fingerprint density at radius 2 is 1.70 bits per heavy atom. The zero-order chi connectivity index (χ0) is 15.6. The number of alkyl halides is 3. The summed E-state index contributed by atoms with van der Waals surface area (Å²) in [5.74, 6) is -1.12. The van der Waals surface area contributed by atoms with E-state index in [-0.39, 0.29) is 0 Å². The topological polar surface area (TPSA) is 38.7 Å². The zero-order valence-electron chi connectivity index (χ0n) is 11.1. The minimum atomic E-state index is -4.97. The summed E-state index contributed by atoms with van der Waals surface area (Å²) in [7, 11) is 0. The van der Waals surface area contributed by atoms with Gasteiger partial charge in [-0.15, -0.1) is 0 Å². The maximum atomic E-state index is 13.4. The van der Waals surface area contributed by atoms with E-state index in [2.05, 4.69) is 9.73 Å². The van der Waals surface area contributed by atoms with E-state index < -0.39 is 35.0 Å². The second-order valence-corrected chi connectivity index (χ2v) is 4.92. The van der Waals surface area contributed by atoms with Gasteiger partial charge in [0.05, 0.1) is 0 Å². The third kappa shape index (κ3) is 4.64. The number of carbonyl (C=O) groups is 1. The predicted molar refractivity (Wildman–Crippen MR) is 65.2 cm³/mol. The third-order valence-corrected chi connectivity index (χ3v) is 1.99. The van der Waals surface area contributed by atoms with Crippen molar-refractivity contribution in [1.82, 2.24) is 0 Å². The molecule has 0 unspecified atom stereocenters. The largest absolute Gasteiger partial charge is 0.442 e. The molecule has 7 heteroatoms. The van der Waals surface area contributed by atoms with Crippen molar-refractivity contribution >= 4 is 11.8 Å². The summed E-state index contributed by atoms with van der Waals surface area (Å²) in [6, 6.07) is 4.20. The van der Waals surface area contributed by atoms with Crippen molar-refractivity contribution in [2.75, 3.05) is 0 Å². The van der Waals surface area contributed by atoms with Crippen LogP contribution in [0.3, 0.4) is 0 Å². The van der Waals surface area contributed by atoms with Gasteiger partial charge in [0.2, 0.25) is 0 Å². The molecule has 1 aromatic rings. The number of benzene rings is 1. The van der Waals surface area contributed by atoms with E-state index in [4.69, 9.17) is 0 Å². The Kier molecular flexibility index (Phi) is 4.52. The predicted octanol–water partition coefficient (Wildman–Crippen LogP) is 4.11. The molecule has 110 valence electrons. The van der Waals surface area contributed by atoms with Crippen LogP contribution in [0.2, 0.25) is 0 Å². The number of ether oxygens (including phenoxy) is 1. The fourth-order valence-corrected chi connectivity index (χ4v) is 1.31. The summed E-state index contributed by atoms with van der Waals surface area (Å²) < 4.78 is 56.7. The summed E-state index contributed by atoms with van der Waals surface area (Å²) in [4.78, 5) is 14.2. The van der Waals surface area contributed by atoms with Crippen LogP contribution in [0, 0.1) is 5.82 Å². The molecule has 0 fully saturated rings. The first-order valence-electron chi connectivity index (χ1n) is 5.64. The number of carbonyl (C=O) groups excluding carboxylic acids is 1. The molecule has 0 N–H and O–H groups in total. The van der Waals surface area contributed by atoms with E-state index in [0.717, 1.165) is 12.1 Å². The average Bonchev–Trinajstić information content (AvgIpc) is 2.23. The molecule has 20 heavy (non-hydrogen) atoms. The Morgan fingerprint density at radius 3 is 2.15 bits per heavy atom. The van der Waals surface area contributed by atoms with E-state index in [9.17, 15) is 22.4 Å². The molecule has 0 aliphatic carbocycles. The summed E-state index contributed by atoms with van der Waals surface area (Å²) in [5, 5.41) is 0. The molecule has 0 bridgehead atoms. The molecule has 0 aromatic heterocycles. The Hall–Kier alpha value is -1.92. The van der Waals surface area contributed by atoms with Gasteiger partial charge in [0.1, 0.15) is 11.4 Å². The molecule has 0 aliphatic rings. The van der Waals surface area contributed by atoms with Gasteiger partial charge in [0.15, 0.2) is 5.71 Å². The molecule has 0 atom stereocenters. The quantitative estimate of drug-likeness (QED) is 0.577. The molecule has 0 heterocycles. The number of hydrogen-bond acceptors (Lipinski definition) is 2. The zero-order valence-corrected chi connectivity index (χ0v) is 11.1. The molecular formula is C13H13F4NO2. The van der Waals surface area contributed by atoms with Gasteiger partial charge < -0.3 is 4.74 Å². The molecule has 1 amide bonds. The average molecular weight is 291 g/mol. The second kappa shape index (κ2) is 5.60. The van der Waals surface area contributed by atoms with E-state index in [1.807, 2.05) is 0 Å². The van der Waals surface area contributed by atoms with Crippen molar-refractivity contribution in [3.8, 4) is 0 Å². The van der Waals surface area contributed by atoms with Gasteiger partial charge in [0, 0.05) is 5.56 Å². The summed E-state index contributed by atoms with van der Waals surface area (Å²) in [6.45, 7) is 4.45. The van der Waals surface area contributed by atoms with Crippen molar-refractivity contribution in [2.45, 2.75) is 32.5 Å². The maximum Gasteiger partial charge on any atom is 0.434 e. The lowest BCUT2D eigenvalue weighted by Crippen LogP contribution is -2.28. The minimum Gasteiger partial charge on any atom is -0.442 e. The van der Waals surface area contributed by atoms with Gasteiger partial charge in [-0.3, -0.25) is 0 Å². The van der Waals surface area contributed by atoms with Crippen LogP contribution in [0.4, 0.5) is 22.4 Å². The number of halogens is 4. The lowest BCUT2D eigenvalue weighted by atomic mass is 10.1. The molecule has 3 nitrogen and oxygen atoms in total. The van der Waals surface area contributed by atoms with Crippen LogP contribution in [0.1, 0.15) is 26.3 Å². The van der Waals surface area contributed by atoms with Gasteiger partial charge in [-0.1, -0.05) is 12.1 Å². The van der Waals surface area contributed by atoms with Gasteiger partial charge in [-0.2, -0.15) is 18.2 Å². The van der Waals surface area contributed by atoms with Gasteiger partial charge >= 0.3 is 12.3 Å². The van der Waals surface area contributed by atoms with Crippen LogP contribution in [0.5, 0.6) is 0 Å². The number of amides is 1. The molecule has 0 saturated carbocycles. The van der Waals surface area contributed by atoms with Crippen LogP contribution < -0.4 is 0 Å². The van der Waals surface area contributed by atoms with Crippen molar-refractivity contribution in [1.29, 1.82) is 0 Å². The van der Waals surface area contributed by atoms with E-state index >= 15 is 0 Å². The molecule has 0 saturated heterocycles. The Labute approximate surface area is 113 Å². The first-order chi connectivity index (χ1) is 9.00. The lowest BCUT2D eigenvalue weighted by Gasteiger charge is -2.18. The smallest absolute Gasteiger partial charge is 0.434 e. The SMILES string of the molecule is CC(C)(C)OC(=O)N=C(c1ccccc1F)C(F)(F)F. The summed E-state index contributed by atoms with van der Waals surface area (Å²) >= 11 is 0. The normalized spacial score (nSPS) is 13.2. The molecule has 1 rings (SSSR count). The van der Waals surface area contributed by atoms with Crippen LogP contribution in [-0.4, -0.2) is 23.6 Å². The number of nitrogens with zero attached hydrogens (tertiary/aromatic N) is 1. The maximum absolute atomic E-state index is 13.4. The molecule has 0 spiro atoms. The molecule has 1 aromatic carbocycles. The van der Waals surface area contributed by atoms with E-state index in [0.29, 0.717) is 0 Å². The van der Waals surface area contributed by atoms with Crippen LogP contribution in [0.25, 0.3) is 0 Å². The monoisotopic (exact) mass is 291 g/mol. The molecular weight excluding hydrogens is 278 g/mol. The van der Waals surface area contributed by atoms with Crippen molar-refractivity contribution in [3.05, 3.63) is 35.6 Å². The Bertz CT molecular complexity index is 530. The highest BCUT2D eigenvalue weighted by Gasteiger charge is 2.39. The van der Waals surface area contributed by atoms with Crippen LogP contribution in [-0.2, 0) is 4.74 Å². The van der Waals surface area contributed by atoms with Crippen LogP contribution in [0.15, 0.2) is 29.3 Å². The molecule has 0 aliphatic heterocycles. The van der Waals surface area contributed by atoms with Gasteiger partial charge in [-0.05, 0) is 32.9 Å². The lowest BCUT2D eigenvalue weighted by molar-refractivity contribution is -0.0586. The van der Waals surface area contributed by atoms with E-state index in [1.165, 1.54) is 32.9 Å². The Morgan fingerprint density at radius 1 is 1.15 bits per heavy atom. The first-order valence-corrected chi connectivity index (χ1v) is 5.64. The second-order valence-electron chi connectivity index (χ2n) is 4.92. The number of hydrogen-bond donors (Lipinski definition) is 0. The van der Waals surface area contributed by atoms with Crippen molar-refractivity contribution < 1.29 is 27.1 Å². The van der Waals surface area contributed by atoms with Gasteiger partial charge in [-0.25, -0.2) is 9.18 Å². The van der Waals surface area contributed by atoms with E-state index in [1.54, 1.807) is 0 Å². The standard InChI is InChI=1S/C13H13F4NO2/c1-12(2,3)20-11(19)18-10(13(15,16)17)8-6-4-5-7-9(8)14/h4-7H,1-3H3. The van der Waals surface area contributed by atoms with Crippen LogP contribution >= 0.6 is 0 Å². The minimum absolute atomic E-state index is 0.800. The highest BCUT2D eigenvalue weighted by molar-refractivity contribution is 6.09. The fourth-order valence-electron chi connectivity index (χ4n) is 1.31. The number of rotatable bonds is 1. The number of aliphatic imine (C=N–C) groups is 1. The van der Waals surface area contributed by atoms with Crippen molar-refractivity contribution in [2.24, 2.45) is 4.99 Å². The highest BCUT2D eigenvalue weighted by Crippen LogP contribution is 2.25. The molecule has 0 radical (unpaired) electrons. The Balaban J connectivity index is 3.22. The van der Waals surface area contributed by atoms with Crippen molar-refractivity contribution in [3.63, 3.8) is 0 Å². The van der Waals surface area contributed by atoms with Gasteiger partial charge in [0.25, 0.3) is 0 Å². The summed E-state index contributed by atoms with van der Waals surface area (Å²) in [5.41, 5.74) is -3.41. The highest BCUT2D eigenvalue weighted by atomic mass is 19.4. The third-order valence-electron chi connectivity index (χ3n) is 1.99.